The minimum absolute atomic E-state index is 0.125. The summed E-state index contributed by atoms with van der Waals surface area (Å²) in [5.74, 6) is -1.36. The largest absolute Gasteiger partial charge is 0.490 e. The molecule has 1 unspecified atom stereocenters. The molecule has 1 amide bonds. The monoisotopic (exact) mass is 476 g/mol. The molecule has 1 aromatic rings. The highest BCUT2D eigenvalue weighted by molar-refractivity contribution is 5.77. The average Bonchev–Trinajstić information content (AvgIpc) is 2.70. The Hall–Kier alpha value is -2.47. The van der Waals surface area contributed by atoms with Crippen LogP contribution in [0.1, 0.15) is 31.4 Å². The molecular weight excluding hydrogens is 445 g/mol. The van der Waals surface area contributed by atoms with Gasteiger partial charge in [-0.1, -0.05) is 0 Å². The second-order valence-electron chi connectivity index (χ2n) is 8.63. The van der Waals surface area contributed by atoms with Crippen LogP contribution in [-0.2, 0) is 14.3 Å². The van der Waals surface area contributed by atoms with Crippen LogP contribution in [-0.4, -0.2) is 95.5 Å². The number of ether oxygens (including phenoxy) is 2. The molecule has 3 rings (SSSR count). The van der Waals surface area contributed by atoms with Crippen LogP contribution in [0.2, 0.25) is 0 Å². The summed E-state index contributed by atoms with van der Waals surface area (Å²) in [6, 6.07) is 0. The summed E-state index contributed by atoms with van der Waals surface area (Å²) < 4.78 is 43.5. The fraction of sp³-hybridized carbons (Fsp3) is 0.714. The third-order valence-corrected chi connectivity index (χ3v) is 5.43. The molecule has 12 heteroatoms. The van der Waals surface area contributed by atoms with E-state index >= 15 is 0 Å². The van der Waals surface area contributed by atoms with Crippen molar-refractivity contribution < 1.29 is 37.3 Å². The predicted octanol–water partition coefficient (Wildman–Crippen LogP) is 2.15. The number of carboxylic acids is 1. The van der Waals surface area contributed by atoms with Crippen LogP contribution < -0.4 is 4.74 Å². The van der Waals surface area contributed by atoms with Gasteiger partial charge in [0.05, 0.1) is 31.6 Å². The van der Waals surface area contributed by atoms with Crippen molar-refractivity contribution in [3.05, 3.63) is 18.1 Å². The zero-order valence-electron chi connectivity index (χ0n) is 19.1. The second-order valence-corrected chi connectivity index (χ2v) is 8.63. The lowest BCUT2D eigenvalue weighted by atomic mass is 9.79. The molecule has 3 heterocycles. The number of amides is 1. The molecule has 0 aliphatic carbocycles. The second kappa shape index (κ2) is 11.6. The topological polar surface area (TPSA) is 105 Å². The fourth-order valence-electron chi connectivity index (χ4n) is 3.74. The lowest BCUT2D eigenvalue weighted by Gasteiger charge is -2.53. The number of halogens is 3. The molecule has 2 saturated heterocycles. The average molecular weight is 476 g/mol. The van der Waals surface area contributed by atoms with Crippen molar-refractivity contribution in [1.82, 2.24) is 19.8 Å². The molecular formula is C21H31F3N4O5. The fourth-order valence-corrected chi connectivity index (χ4v) is 3.74. The number of aromatic nitrogens is 2. The van der Waals surface area contributed by atoms with Gasteiger partial charge >= 0.3 is 12.1 Å². The summed E-state index contributed by atoms with van der Waals surface area (Å²) in [4.78, 5) is 33.5. The van der Waals surface area contributed by atoms with E-state index in [2.05, 4.69) is 9.97 Å². The van der Waals surface area contributed by atoms with Gasteiger partial charge in [-0.15, -0.1) is 0 Å². The van der Waals surface area contributed by atoms with E-state index in [1.807, 2.05) is 30.8 Å². The number of aryl methyl sites for hydroxylation is 1. The Kier molecular flexibility index (Phi) is 9.41. The number of rotatable bonds is 7. The summed E-state index contributed by atoms with van der Waals surface area (Å²) in [6.07, 6.45) is 1.92. The van der Waals surface area contributed by atoms with Gasteiger partial charge in [0, 0.05) is 25.8 Å². The first-order chi connectivity index (χ1) is 15.4. The minimum Gasteiger partial charge on any atom is -0.477 e. The van der Waals surface area contributed by atoms with E-state index in [4.69, 9.17) is 19.4 Å². The van der Waals surface area contributed by atoms with E-state index in [1.165, 1.54) is 0 Å². The first-order valence-electron chi connectivity index (χ1n) is 10.7. The van der Waals surface area contributed by atoms with Crippen molar-refractivity contribution in [2.75, 3.05) is 46.9 Å². The van der Waals surface area contributed by atoms with Crippen LogP contribution in [0.3, 0.4) is 0 Å². The van der Waals surface area contributed by atoms with Gasteiger partial charge in [0.15, 0.2) is 0 Å². The SMILES string of the molecule is Cc1cncc(OCCC2CCOC3(C2)CN(C(=O)CCN(C)C)C3)n1.O=C(O)C(F)(F)F. The van der Waals surface area contributed by atoms with Gasteiger partial charge in [-0.3, -0.25) is 9.78 Å². The predicted molar refractivity (Wildman–Crippen MR) is 112 cm³/mol. The highest BCUT2D eigenvalue weighted by atomic mass is 19.4. The van der Waals surface area contributed by atoms with Gasteiger partial charge < -0.3 is 24.4 Å². The lowest BCUT2D eigenvalue weighted by molar-refractivity contribution is -0.192. The van der Waals surface area contributed by atoms with E-state index < -0.39 is 12.1 Å². The summed E-state index contributed by atoms with van der Waals surface area (Å²) in [5, 5.41) is 7.12. The summed E-state index contributed by atoms with van der Waals surface area (Å²) in [7, 11) is 3.98. The summed E-state index contributed by atoms with van der Waals surface area (Å²) in [5.41, 5.74) is 0.737. The molecule has 0 aromatic carbocycles. The zero-order chi connectivity index (χ0) is 24.6. The van der Waals surface area contributed by atoms with E-state index in [1.54, 1.807) is 12.4 Å². The maximum absolute atomic E-state index is 12.2. The third kappa shape index (κ3) is 8.77. The van der Waals surface area contributed by atoms with E-state index in [-0.39, 0.29) is 11.5 Å². The van der Waals surface area contributed by atoms with Crippen LogP contribution in [0, 0.1) is 12.8 Å². The smallest absolute Gasteiger partial charge is 0.477 e. The molecule has 1 N–H and O–H groups in total. The molecule has 1 spiro atoms. The molecule has 1 atom stereocenters. The van der Waals surface area contributed by atoms with E-state index in [0.717, 1.165) is 51.2 Å². The normalized spacial score (nSPS) is 19.5. The molecule has 2 aliphatic rings. The van der Waals surface area contributed by atoms with Crippen LogP contribution >= 0.6 is 0 Å². The van der Waals surface area contributed by atoms with Crippen molar-refractivity contribution in [3.63, 3.8) is 0 Å². The lowest BCUT2D eigenvalue weighted by Crippen LogP contribution is -2.66. The number of carbonyl (C=O) groups is 2. The van der Waals surface area contributed by atoms with Gasteiger partial charge in [-0.05, 0) is 46.2 Å². The molecule has 186 valence electrons. The number of likely N-dealkylation sites (tertiary alicyclic amines) is 1. The molecule has 9 nitrogen and oxygen atoms in total. The van der Waals surface area contributed by atoms with Gasteiger partial charge in [-0.25, -0.2) is 9.78 Å². The van der Waals surface area contributed by atoms with Crippen LogP contribution in [0.15, 0.2) is 12.4 Å². The number of alkyl halides is 3. The van der Waals surface area contributed by atoms with Crippen LogP contribution in [0.5, 0.6) is 5.88 Å². The molecule has 2 fully saturated rings. The van der Waals surface area contributed by atoms with E-state index in [0.29, 0.717) is 24.8 Å². The molecule has 1 aromatic heterocycles. The Balaban J connectivity index is 0.000000479. The quantitative estimate of drug-likeness (QED) is 0.638. The maximum Gasteiger partial charge on any atom is 0.490 e. The van der Waals surface area contributed by atoms with Crippen molar-refractivity contribution in [1.29, 1.82) is 0 Å². The highest BCUT2D eigenvalue weighted by Gasteiger charge is 2.48. The zero-order valence-corrected chi connectivity index (χ0v) is 19.1. The Morgan fingerprint density at radius 1 is 1.33 bits per heavy atom. The molecule has 0 saturated carbocycles. The summed E-state index contributed by atoms with van der Waals surface area (Å²) >= 11 is 0. The minimum atomic E-state index is -5.08. The number of hydrogen-bond donors (Lipinski definition) is 1. The summed E-state index contributed by atoms with van der Waals surface area (Å²) in [6.45, 7) is 5.59. The number of carboxylic acid groups (broad SMARTS) is 1. The maximum atomic E-state index is 12.2. The van der Waals surface area contributed by atoms with Crippen LogP contribution in [0.4, 0.5) is 13.2 Å². The standard InChI is InChI=1S/C19H30N4O3.C2HF3O2/c1-15-11-20-12-17(21-15)25-8-5-16-6-9-26-19(10-16)13-23(14-19)18(24)4-7-22(2)3;3-2(4,5)1(6)7/h11-12,16H,4-10,13-14H2,1-3H3;(H,6,7). The first-order valence-corrected chi connectivity index (χ1v) is 10.7. The Labute approximate surface area is 190 Å². The van der Waals surface area contributed by atoms with Crippen molar-refractivity contribution in [3.8, 4) is 5.88 Å². The number of nitrogens with zero attached hydrogens (tertiary/aromatic N) is 4. The molecule has 2 aliphatic heterocycles. The molecule has 33 heavy (non-hydrogen) atoms. The van der Waals surface area contributed by atoms with Crippen molar-refractivity contribution >= 4 is 11.9 Å². The van der Waals surface area contributed by atoms with Gasteiger partial charge in [0.1, 0.15) is 5.60 Å². The highest BCUT2D eigenvalue weighted by Crippen LogP contribution is 2.38. The van der Waals surface area contributed by atoms with Crippen LogP contribution in [0.25, 0.3) is 0 Å². The number of hydrogen-bond acceptors (Lipinski definition) is 7. The van der Waals surface area contributed by atoms with Gasteiger partial charge in [0.2, 0.25) is 11.8 Å². The van der Waals surface area contributed by atoms with Crippen molar-refractivity contribution in [2.24, 2.45) is 5.92 Å². The first kappa shape index (κ1) is 26.8. The number of aliphatic carboxylic acids is 1. The Morgan fingerprint density at radius 3 is 2.58 bits per heavy atom. The Morgan fingerprint density at radius 2 is 2.00 bits per heavy atom. The Bertz CT molecular complexity index is 800. The van der Waals surface area contributed by atoms with Gasteiger partial charge in [-0.2, -0.15) is 13.2 Å². The number of carbonyl (C=O) groups excluding carboxylic acids is 1. The van der Waals surface area contributed by atoms with Gasteiger partial charge in [0.25, 0.3) is 0 Å². The van der Waals surface area contributed by atoms with E-state index in [9.17, 15) is 18.0 Å². The molecule has 0 bridgehead atoms. The van der Waals surface area contributed by atoms with Crippen molar-refractivity contribution in [2.45, 2.75) is 44.4 Å². The molecule has 0 radical (unpaired) electrons. The third-order valence-electron chi connectivity index (χ3n) is 5.43.